The third kappa shape index (κ3) is 2.31. The molecule has 2 rings (SSSR count). The van der Waals surface area contributed by atoms with Gasteiger partial charge in [0.2, 0.25) is 0 Å². The molecule has 0 aliphatic heterocycles. The zero-order valence-corrected chi connectivity index (χ0v) is 10.4. The normalized spacial score (nSPS) is 11.4. The second kappa shape index (κ2) is 4.21. The zero-order chi connectivity index (χ0) is 12.5. The number of hydrogen-bond donors (Lipinski definition) is 0. The van der Waals surface area contributed by atoms with Crippen LogP contribution in [-0.2, 0) is 17.4 Å². The van der Waals surface area contributed by atoms with Crippen molar-refractivity contribution in [3.63, 3.8) is 0 Å². The van der Waals surface area contributed by atoms with Crippen molar-refractivity contribution in [1.29, 1.82) is 0 Å². The molecule has 2 aromatic rings. The molecule has 17 heavy (non-hydrogen) atoms. The van der Waals surface area contributed by atoms with Gasteiger partial charge in [0.1, 0.15) is 11.9 Å². The highest BCUT2D eigenvalue weighted by Crippen LogP contribution is 2.13. The van der Waals surface area contributed by atoms with E-state index < -0.39 is 10.3 Å². The second-order valence-corrected chi connectivity index (χ2v) is 5.02. The number of benzene rings is 1. The van der Waals surface area contributed by atoms with Crippen molar-refractivity contribution in [1.82, 2.24) is 3.97 Å². The van der Waals surface area contributed by atoms with E-state index in [4.69, 9.17) is 4.18 Å². The third-order valence-electron chi connectivity index (χ3n) is 2.44. The summed E-state index contributed by atoms with van der Waals surface area (Å²) < 4.78 is 31.7. The number of aryl methyl sites for hydroxylation is 1. The first-order chi connectivity index (χ1) is 8.00. The molecular formula is C11H13N2O3S+. The summed E-state index contributed by atoms with van der Waals surface area (Å²) in [5, 5.41) is 0. The van der Waals surface area contributed by atoms with Gasteiger partial charge in [-0.05, 0) is 12.1 Å². The fraction of sp³-hybridized carbons (Fsp3) is 0.182. The molecule has 0 atom stereocenters. The highest BCUT2D eigenvalue weighted by atomic mass is 32.2. The first kappa shape index (κ1) is 11.7. The minimum atomic E-state index is -3.83. The molecule has 0 spiro atoms. The van der Waals surface area contributed by atoms with Gasteiger partial charge in [-0.2, -0.15) is 0 Å². The fourth-order valence-electron chi connectivity index (χ4n) is 1.41. The second-order valence-electron chi connectivity index (χ2n) is 3.61. The van der Waals surface area contributed by atoms with Gasteiger partial charge in [0, 0.05) is 6.92 Å². The Bertz CT molecular complexity index is 617. The van der Waals surface area contributed by atoms with Crippen LogP contribution in [0.3, 0.4) is 0 Å². The lowest BCUT2D eigenvalue weighted by molar-refractivity contribution is -0.676. The standard InChI is InChI=1S/C11H13N2O3S/c1-10-12(2)8-9-13(10)17(14,15)16-11-6-4-3-5-7-11/h3-9H,1-2H3/q+1. The molecule has 1 heterocycles. The predicted octanol–water partition coefficient (Wildman–Crippen LogP) is 0.793. The van der Waals surface area contributed by atoms with Gasteiger partial charge < -0.3 is 4.18 Å². The van der Waals surface area contributed by atoms with Crippen LogP contribution in [0.1, 0.15) is 5.82 Å². The first-order valence-electron chi connectivity index (χ1n) is 5.04. The van der Waals surface area contributed by atoms with Crippen LogP contribution in [0.4, 0.5) is 0 Å². The van der Waals surface area contributed by atoms with E-state index in [2.05, 4.69) is 0 Å². The molecule has 0 saturated heterocycles. The number of imidazole rings is 1. The van der Waals surface area contributed by atoms with E-state index in [0.29, 0.717) is 11.6 Å². The minimum Gasteiger partial charge on any atom is -0.351 e. The van der Waals surface area contributed by atoms with Crippen LogP contribution in [0.2, 0.25) is 0 Å². The summed E-state index contributed by atoms with van der Waals surface area (Å²) in [5.74, 6) is 0.865. The Labute approximate surface area is 100 Å². The molecule has 0 saturated carbocycles. The van der Waals surface area contributed by atoms with Crippen LogP contribution in [0.15, 0.2) is 42.7 Å². The SMILES string of the molecule is Cc1n(S(=O)(=O)Oc2ccccc2)cc[n+]1C. The van der Waals surface area contributed by atoms with E-state index in [1.165, 1.54) is 6.20 Å². The molecule has 0 aliphatic carbocycles. The van der Waals surface area contributed by atoms with E-state index in [-0.39, 0.29) is 0 Å². The molecule has 0 unspecified atom stereocenters. The molecule has 0 fully saturated rings. The summed E-state index contributed by atoms with van der Waals surface area (Å²) in [4.78, 5) is 0. The maximum Gasteiger partial charge on any atom is 0.491 e. The molecule has 90 valence electrons. The largest absolute Gasteiger partial charge is 0.491 e. The van der Waals surface area contributed by atoms with Crippen LogP contribution in [-0.4, -0.2) is 12.4 Å². The van der Waals surface area contributed by atoms with Crippen molar-refractivity contribution in [2.45, 2.75) is 6.92 Å². The Morgan fingerprint density at radius 1 is 1.24 bits per heavy atom. The van der Waals surface area contributed by atoms with Gasteiger partial charge in [0.05, 0.1) is 7.05 Å². The summed E-state index contributed by atoms with van der Waals surface area (Å²) >= 11 is 0. The number of hydrogen-bond acceptors (Lipinski definition) is 3. The fourth-order valence-corrected chi connectivity index (χ4v) is 2.50. The van der Waals surface area contributed by atoms with E-state index in [1.807, 2.05) is 0 Å². The van der Waals surface area contributed by atoms with E-state index in [9.17, 15) is 8.42 Å². The van der Waals surface area contributed by atoms with Crippen molar-refractivity contribution < 1.29 is 17.2 Å². The Morgan fingerprint density at radius 2 is 1.88 bits per heavy atom. The van der Waals surface area contributed by atoms with Crippen molar-refractivity contribution >= 4 is 10.3 Å². The van der Waals surface area contributed by atoms with Crippen molar-refractivity contribution in [2.24, 2.45) is 7.05 Å². The molecule has 5 nitrogen and oxygen atoms in total. The molecule has 0 N–H and O–H groups in total. The Kier molecular flexibility index (Phi) is 2.89. The molecule has 0 bridgehead atoms. The molecule has 0 radical (unpaired) electrons. The highest BCUT2D eigenvalue weighted by Gasteiger charge is 2.25. The van der Waals surface area contributed by atoms with Crippen LogP contribution in [0, 0.1) is 6.92 Å². The maximum absolute atomic E-state index is 12.0. The topological polar surface area (TPSA) is 52.2 Å². The number of para-hydroxylation sites is 1. The lowest BCUT2D eigenvalue weighted by atomic mass is 10.3. The average molecular weight is 253 g/mol. The van der Waals surface area contributed by atoms with Crippen LogP contribution in [0.25, 0.3) is 0 Å². The van der Waals surface area contributed by atoms with Crippen molar-refractivity contribution in [3.8, 4) is 5.75 Å². The van der Waals surface area contributed by atoms with Crippen molar-refractivity contribution in [2.75, 3.05) is 0 Å². The maximum atomic E-state index is 12.0. The lowest BCUT2D eigenvalue weighted by Crippen LogP contribution is -2.32. The Hall–Kier alpha value is -1.82. The van der Waals surface area contributed by atoms with Gasteiger partial charge in [-0.15, -0.1) is 8.42 Å². The van der Waals surface area contributed by atoms with Crippen LogP contribution < -0.4 is 8.75 Å². The predicted molar refractivity (Wildman–Crippen MR) is 61.7 cm³/mol. The van der Waals surface area contributed by atoms with Gasteiger partial charge in [0.15, 0.2) is 6.20 Å². The van der Waals surface area contributed by atoms with Gasteiger partial charge in [-0.1, -0.05) is 22.2 Å². The lowest BCUT2D eigenvalue weighted by Gasteiger charge is -2.03. The number of rotatable bonds is 3. The number of nitrogens with zero attached hydrogens (tertiary/aromatic N) is 2. The van der Waals surface area contributed by atoms with Crippen LogP contribution in [0.5, 0.6) is 5.75 Å². The zero-order valence-electron chi connectivity index (χ0n) is 9.57. The van der Waals surface area contributed by atoms with Gasteiger partial charge in [-0.25, -0.2) is 4.57 Å². The quantitative estimate of drug-likeness (QED) is 0.760. The van der Waals surface area contributed by atoms with Gasteiger partial charge >= 0.3 is 10.3 Å². The van der Waals surface area contributed by atoms with Crippen molar-refractivity contribution in [3.05, 3.63) is 48.5 Å². The summed E-state index contributed by atoms with van der Waals surface area (Å²) in [6.07, 6.45) is 3.11. The smallest absolute Gasteiger partial charge is 0.351 e. The molecular weight excluding hydrogens is 240 g/mol. The summed E-state index contributed by atoms with van der Waals surface area (Å²) in [5.41, 5.74) is 0. The Morgan fingerprint density at radius 3 is 2.41 bits per heavy atom. The minimum absolute atomic E-state index is 0.295. The van der Waals surface area contributed by atoms with Crippen LogP contribution >= 0.6 is 0 Å². The molecule has 6 heteroatoms. The number of aromatic nitrogens is 2. The van der Waals surface area contributed by atoms with E-state index in [0.717, 1.165) is 3.97 Å². The van der Waals surface area contributed by atoms with Gasteiger partial charge in [-0.3, -0.25) is 0 Å². The monoisotopic (exact) mass is 253 g/mol. The van der Waals surface area contributed by atoms with E-state index in [1.54, 1.807) is 55.1 Å². The average Bonchev–Trinajstić information content (AvgIpc) is 2.61. The van der Waals surface area contributed by atoms with Gasteiger partial charge in [0.25, 0.3) is 5.82 Å². The molecule has 1 aromatic heterocycles. The molecule has 0 amide bonds. The molecule has 0 aliphatic rings. The highest BCUT2D eigenvalue weighted by molar-refractivity contribution is 7.85. The Balaban J connectivity index is 2.35. The van der Waals surface area contributed by atoms with E-state index >= 15 is 0 Å². The summed E-state index contributed by atoms with van der Waals surface area (Å²) in [6, 6.07) is 8.41. The summed E-state index contributed by atoms with van der Waals surface area (Å²) in [7, 11) is -2.06. The third-order valence-corrected chi connectivity index (χ3v) is 3.71. The summed E-state index contributed by atoms with van der Waals surface area (Å²) in [6.45, 7) is 1.70. The first-order valence-corrected chi connectivity index (χ1v) is 6.41. The molecule has 1 aromatic carbocycles.